The first-order chi connectivity index (χ1) is 11.1. The van der Waals surface area contributed by atoms with Crippen LogP contribution in [0.25, 0.3) is 0 Å². The maximum absolute atomic E-state index is 10.8. The van der Waals surface area contributed by atoms with Gasteiger partial charge in [0.05, 0.1) is 11.1 Å². The molecule has 2 aromatic rings. The molecule has 0 bridgehead atoms. The maximum Gasteiger partial charge on any atom is 0.303 e. The standard InChI is InChI=1S/C18H18BrClO3/c19-16-12-15(20)11-14(8-9-17(21)22)18(16)23-10-4-7-13-5-2-1-3-6-13/h1-3,5-6,11-12H,4,7-10H2,(H,21,22). The van der Waals surface area contributed by atoms with Crippen LogP contribution in [0.15, 0.2) is 46.9 Å². The van der Waals surface area contributed by atoms with Crippen LogP contribution in [0.1, 0.15) is 24.0 Å². The highest BCUT2D eigenvalue weighted by molar-refractivity contribution is 9.10. The highest BCUT2D eigenvalue weighted by atomic mass is 79.9. The molecule has 0 aliphatic carbocycles. The van der Waals surface area contributed by atoms with Crippen LogP contribution in [0.5, 0.6) is 5.75 Å². The maximum atomic E-state index is 10.8. The van der Waals surface area contributed by atoms with Gasteiger partial charge in [-0.3, -0.25) is 4.79 Å². The van der Waals surface area contributed by atoms with Crippen molar-refractivity contribution in [2.24, 2.45) is 0 Å². The van der Waals surface area contributed by atoms with E-state index in [9.17, 15) is 4.79 Å². The van der Waals surface area contributed by atoms with E-state index in [-0.39, 0.29) is 6.42 Å². The molecule has 5 heteroatoms. The van der Waals surface area contributed by atoms with E-state index in [2.05, 4.69) is 28.1 Å². The monoisotopic (exact) mass is 396 g/mol. The zero-order valence-corrected chi connectivity index (χ0v) is 14.9. The molecular weight excluding hydrogens is 380 g/mol. The van der Waals surface area contributed by atoms with Gasteiger partial charge in [0.15, 0.2) is 0 Å². The topological polar surface area (TPSA) is 46.5 Å². The highest BCUT2D eigenvalue weighted by Gasteiger charge is 2.12. The lowest BCUT2D eigenvalue weighted by Gasteiger charge is -2.14. The SMILES string of the molecule is O=C(O)CCc1cc(Cl)cc(Br)c1OCCCc1ccccc1. The van der Waals surface area contributed by atoms with Gasteiger partial charge in [0.2, 0.25) is 0 Å². The fourth-order valence-electron chi connectivity index (χ4n) is 2.30. The Morgan fingerprint density at radius 2 is 1.91 bits per heavy atom. The zero-order valence-electron chi connectivity index (χ0n) is 12.6. The molecule has 0 amide bonds. The summed E-state index contributed by atoms with van der Waals surface area (Å²) in [6.45, 7) is 0.565. The third-order valence-electron chi connectivity index (χ3n) is 3.39. The molecule has 1 N–H and O–H groups in total. The number of aryl methyl sites for hydroxylation is 2. The fourth-order valence-corrected chi connectivity index (χ4v) is 3.29. The normalized spacial score (nSPS) is 10.5. The minimum atomic E-state index is -0.837. The predicted octanol–water partition coefficient (Wildman–Crippen LogP) is 5.13. The van der Waals surface area contributed by atoms with Crippen molar-refractivity contribution in [2.75, 3.05) is 6.61 Å². The van der Waals surface area contributed by atoms with Crippen LogP contribution in [0.4, 0.5) is 0 Å². The first-order valence-corrected chi connectivity index (χ1v) is 8.60. The summed E-state index contributed by atoms with van der Waals surface area (Å²) >= 11 is 9.49. The molecule has 0 radical (unpaired) electrons. The van der Waals surface area contributed by atoms with E-state index in [0.717, 1.165) is 22.9 Å². The van der Waals surface area contributed by atoms with E-state index in [1.165, 1.54) is 5.56 Å². The van der Waals surface area contributed by atoms with E-state index in [4.69, 9.17) is 21.4 Å². The van der Waals surface area contributed by atoms with Gasteiger partial charge in [0.1, 0.15) is 5.75 Å². The summed E-state index contributed by atoms with van der Waals surface area (Å²) in [4.78, 5) is 10.8. The van der Waals surface area contributed by atoms with Crippen molar-refractivity contribution in [3.8, 4) is 5.75 Å². The molecule has 0 aromatic heterocycles. The first kappa shape index (κ1) is 17.8. The number of halogens is 2. The van der Waals surface area contributed by atoms with Gasteiger partial charge in [-0.15, -0.1) is 0 Å². The summed E-state index contributed by atoms with van der Waals surface area (Å²) in [7, 11) is 0. The summed E-state index contributed by atoms with van der Waals surface area (Å²) in [5.41, 5.74) is 2.09. The molecular formula is C18H18BrClO3. The van der Waals surface area contributed by atoms with Crippen molar-refractivity contribution < 1.29 is 14.6 Å². The number of hydrogen-bond donors (Lipinski definition) is 1. The number of rotatable bonds is 8. The zero-order chi connectivity index (χ0) is 16.7. The Balaban J connectivity index is 1.96. The van der Waals surface area contributed by atoms with Gasteiger partial charge < -0.3 is 9.84 Å². The van der Waals surface area contributed by atoms with E-state index >= 15 is 0 Å². The number of aliphatic carboxylic acids is 1. The third kappa shape index (κ3) is 5.88. The quantitative estimate of drug-likeness (QED) is 0.628. The summed E-state index contributed by atoms with van der Waals surface area (Å²) in [6, 6.07) is 13.8. The van der Waals surface area contributed by atoms with Gasteiger partial charge in [-0.05, 0) is 58.5 Å². The lowest BCUT2D eigenvalue weighted by atomic mass is 10.1. The van der Waals surface area contributed by atoms with Crippen LogP contribution < -0.4 is 4.74 Å². The molecule has 0 aliphatic rings. The Kier molecular flexibility index (Phi) is 6.93. The summed E-state index contributed by atoms with van der Waals surface area (Å²) in [6.07, 6.45) is 2.27. The molecule has 0 heterocycles. The predicted molar refractivity (Wildman–Crippen MR) is 95.4 cm³/mol. The van der Waals surface area contributed by atoms with Gasteiger partial charge in [0, 0.05) is 11.4 Å². The second kappa shape index (κ2) is 8.94. The third-order valence-corrected chi connectivity index (χ3v) is 4.20. The van der Waals surface area contributed by atoms with Crippen LogP contribution in [0, 0.1) is 0 Å². The number of ether oxygens (including phenoxy) is 1. The number of benzene rings is 2. The van der Waals surface area contributed by atoms with Crippen molar-refractivity contribution >= 4 is 33.5 Å². The van der Waals surface area contributed by atoms with Crippen molar-refractivity contribution in [3.63, 3.8) is 0 Å². The number of hydrogen-bond acceptors (Lipinski definition) is 2. The minimum Gasteiger partial charge on any atom is -0.492 e. The molecule has 23 heavy (non-hydrogen) atoms. The fraction of sp³-hybridized carbons (Fsp3) is 0.278. The molecule has 3 nitrogen and oxygen atoms in total. The van der Waals surface area contributed by atoms with Crippen molar-refractivity contribution in [1.82, 2.24) is 0 Å². The van der Waals surface area contributed by atoms with E-state index in [1.807, 2.05) is 18.2 Å². The van der Waals surface area contributed by atoms with Crippen molar-refractivity contribution in [1.29, 1.82) is 0 Å². The molecule has 0 aliphatic heterocycles. The first-order valence-electron chi connectivity index (χ1n) is 7.42. The second-order valence-electron chi connectivity index (χ2n) is 5.21. The molecule has 0 saturated carbocycles. The number of carboxylic acid groups (broad SMARTS) is 1. The van der Waals surface area contributed by atoms with E-state index in [1.54, 1.807) is 12.1 Å². The van der Waals surface area contributed by atoms with Crippen molar-refractivity contribution in [3.05, 3.63) is 63.1 Å². The Bertz CT molecular complexity index is 659. The Morgan fingerprint density at radius 3 is 2.61 bits per heavy atom. The Labute approximate surface area is 149 Å². The summed E-state index contributed by atoms with van der Waals surface area (Å²) in [5, 5.41) is 9.42. The van der Waals surface area contributed by atoms with Gasteiger partial charge >= 0.3 is 5.97 Å². The minimum absolute atomic E-state index is 0.0488. The molecule has 0 saturated heterocycles. The molecule has 122 valence electrons. The van der Waals surface area contributed by atoms with Gasteiger partial charge in [-0.1, -0.05) is 41.9 Å². The number of carboxylic acids is 1. The van der Waals surface area contributed by atoms with Crippen LogP contribution in [0.3, 0.4) is 0 Å². The highest BCUT2D eigenvalue weighted by Crippen LogP contribution is 2.33. The lowest BCUT2D eigenvalue weighted by molar-refractivity contribution is -0.136. The van der Waals surface area contributed by atoms with Crippen LogP contribution >= 0.6 is 27.5 Å². The van der Waals surface area contributed by atoms with E-state index < -0.39 is 5.97 Å². The molecule has 0 spiro atoms. The second-order valence-corrected chi connectivity index (χ2v) is 6.50. The van der Waals surface area contributed by atoms with Crippen molar-refractivity contribution in [2.45, 2.75) is 25.7 Å². The van der Waals surface area contributed by atoms with Gasteiger partial charge in [0.25, 0.3) is 0 Å². The molecule has 0 unspecified atom stereocenters. The molecule has 2 rings (SSSR count). The summed E-state index contributed by atoms with van der Waals surface area (Å²) in [5.74, 6) is -0.153. The lowest BCUT2D eigenvalue weighted by Crippen LogP contribution is -2.04. The van der Waals surface area contributed by atoms with Crippen LogP contribution in [-0.4, -0.2) is 17.7 Å². The van der Waals surface area contributed by atoms with Gasteiger partial charge in [-0.2, -0.15) is 0 Å². The Hall–Kier alpha value is -1.52. The number of carbonyl (C=O) groups is 1. The average Bonchev–Trinajstić information content (AvgIpc) is 2.52. The van der Waals surface area contributed by atoms with Crippen LogP contribution in [-0.2, 0) is 17.6 Å². The summed E-state index contributed by atoms with van der Waals surface area (Å²) < 4.78 is 6.63. The molecule has 0 fully saturated rings. The largest absolute Gasteiger partial charge is 0.492 e. The Morgan fingerprint density at radius 1 is 1.17 bits per heavy atom. The smallest absolute Gasteiger partial charge is 0.303 e. The van der Waals surface area contributed by atoms with E-state index in [0.29, 0.717) is 23.8 Å². The molecule has 0 atom stereocenters. The van der Waals surface area contributed by atoms with Crippen LogP contribution in [0.2, 0.25) is 5.02 Å². The molecule has 2 aromatic carbocycles. The average molecular weight is 398 g/mol. The van der Waals surface area contributed by atoms with Gasteiger partial charge in [-0.25, -0.2) is 0 Å².